The lowest BCUT2D eigenvalue weighted by Crippen LogP contribution is -2.30. The summed E-state index contributed by atoms with van der Waals surface area (Å²) in [7, 11) is 2.08. The minimum Gasteiger partial charge on any atom is -0.497 e. The van der Waals surface area contributed by atoms with E-state index in [0.29, 0.717) is 5.75 Å². The average Bonchev–Trinajstić information content (AvgIpc) is 2.98. The molecule has 0 spiro atoms. The highest BCUT2D eigenvalue weighted by atomic mass is 127. The number of ether oxygens (including phenoxy) is 2. The molecule has 3 rings (SSSR count). The van der Waals surface area contributed by atoms with Gasteiger partial charge in [0.1, 0.15) is 16.7 Å². The lowest BCUT2D eigenvalue weighted by molar-refractivity contribution is 0.401. The molecule has 0 saturated carbocycles. The van der Waals surface area contributed by atoms with Gasteiger partial charge in [0.25, 0.3) is 0 Å². The van der Waals surface area contributed by atoms with Crippen molar-refractivity contribution in [2.45, 2.75) is 16.2 Å². The first-order chi connectivity index (χ1) is 13.6. The van der Waals surface area contributed by atoms with Crippen LogP contribution in [0.3, 0.4) is 0 Å². The third-order valence-electron chi connectivity index (χ3n) is 4.34. The fraction of sp³-hybridized carbons (Fsp3) is 0.368. The largest absolute Gasteiger partial charge is 0.497 e. The van der Waals surface area contributed by atoms with Crippen LogP contribution >= 0.6 is 35.0 Å². The molecule has 1 unspecified atom stereocenters. The lowest BCUT2D eigenvalue weighted by atomic mass is 10.3. The molecule has 28 heavy (non-hydrogen) atoms. The van der Waals surface area contributed by atoms with Crippen LogP contribution in [0.1, 0.15) is 6.42 Å². The number of hydrogen-bond acceptors (Lipinski definition) is 6. The molecule has 0 aliphatic carbocycles. The molecule has 6 nitrogen and oxygen atoms in total. The summed E-state index contributed by atoms with van der Waals surface area (Å²) in [6.45, 7) is 3.30. The fourth-order valence-corrected chi connectivity index (χ4v) is 5.50. The number of benzene rings is 2. The molecule has 0 N–H and O–H groups in total. The standard InChI is InChI=1S/C19H23IN2O4S2/c1-24-15-5-3-6-17(13-15)28(23)22-10-4-9-21(11-12-22)27-16-7-8-18(26-20)19(14-16)25-2/h3,5-8,13-14H,4,9-12H2,1-2H3. The van der Waals surface area contributed by atoms with Crippen molar-refractivity contribution >= 4 is 45.9 Å². The van der Waals surface area contributed by atoms with E-state index in [4.69, 9.17) is 12.5 Å². The Balaban J connectivity index is 1.62. The summed E-state index contributed by atoms with van der Waals surface area (Å²) in [5.41, 5.74) is 0. The third kappa shape index (κ3) is 5.53. The molecule has 152 valence electrons. The van der Waals surface area contributed by atoms with E-state index < -0.39 is 11.0 Å². The number of halogens is 1. The molecule has 1 heterocycles. The molecular weight excluding hydrogens is 511 g/mol. The van der Waals surface area contributed by atoms with Crippen molar-refractivity contribution < 1.29 is 16.7 Å². The Hall–Kier alpha value is -1.01. The van der Waals surface area contributed by atoms with Crippen molar-refractivity contribution in [1.29, 1.82) is 0 Å². The molecule has 1 atom stereocenters. The van der Waals surface area contributed by atoms with Gasteiger partial charge < -0.3 is 12.5 Å². The van der Waals surface area contributed by atoms with Crippen LogP contribution in [0.25, 0.3) is 0 Å². The maximum Gasteiger partial charge on any atom is 0.192 e. The van der Waals surface area contributed by atoms with Crippen molar-refractivity contribution in [2.75, 3.05) is 40.4 Å². The smallest absolute Gasteiger partial charge is 0.192 e. The molecule has 0 amide bonds. The quantitative estimate of drug-likeness (QED) is 0.393. The van der Waals surface area contributed by atoms with E-state index in [1.807, 2.05) is 69.8 Å². The number of methoxy groups -OCH3 is 2. The molecule has 9 heteroatoms. The summed E-state index contributed by atoms with van der Waals surface area (Å²) in [5.74, 6) is 2.16. The summed E-state index contributed by atoms with van der Waals surface area (Å²) in [5, 5.41) is 0. The number of nitrogens with zero attached hydrogens (tertiary/aromatic N) is 2. The van der Waals surface area contributed by atoms with E-state index in [0.717, 1.165) is 53.9 Å². The Kier molecular flexibility index (Phi) is 8.27. The van der Waals surface area contributed by atoms with E-state index >= 15 is 0 Å². The van der Waals surface area contributed by atoms with E-state index in [2.05, 4.69) is 4.31 Å². The van der Waals surface area contributed by atoms with Gasteiger partial charge in [-0.3, -0.25) is 0 Å². The second-order valence-corrected chi connectivity index (χ2v) is 9.22. The maximum atomic E-state index is 13.0. The zero-order valence-corrected chi connectivity index (χ0v) is 19.6. The van der Waals surface area contributed by atoms with Crippen molar-refractivity contribution in [3.8, 4) is 17.2 Å². The minimum absolute atomic E-state index is 0.711. The zero-order valence-electron chi connectivity index (χ0n) is 15.8. The Bertz CT molecular complexity index is 824. The SMILES string of the molecule is COc1cccc(S(=O)N2CCCN(Sc3ccc(OI)c(OC)c3)CC2)c1. The van der Waals surface area contributed by atoms with E-state index in [-0.39, 0.29) is 0 Å². The van der Waals surface area contributed by atoms with Gasteiger partial charge in [-0.15, -0.1) is 0 Å². The van der Waals surface area contributed by atoms with Crippen LogP contribution in [0.2, 0.25) is 0 Å². The Morgan fingerprint density at radius 3 is 2.61 bits per heavy atom. The van der Waals surface area contributed by atoms with Gasteiger partial charge >= 0.3 is 0 Å². The molecule has 1 saturated heterocycles. The first-order valence-electron chi connectivity index (χ1n) is 8.85. The van der Waals surface area contributed by atoms with Gasteiger partial charge in [0.2, 0.25) is 0 Å². The molecule has 1 aliphatic rings. The highest BCUT2D eigenvalue weighted by Gasteiger charge is 2.21. The normalized spacial score (nSPS) is 17.0. The summed E-state index contributed by atoms with van der Waals surface area (Å²) in [4.78, 5) is 1.87. The molecule has 1 aliphatic heterocycles. The van der Waals surface area contributed by atoms with E-state index in [1.54, 1.807) is 26.2 Å². The van der Waals surface area contributed by atoms with Crippen LogP contribution < -0.4 is 12.5 Å². The van der Waals surface area contributed by atoms with Crippen molar-refractivity contribution in [1.82, 2.24) is 8.61 Å². The van der Waals surface area contributed by atoms with Gasteiger partial charge in [0.15, 0.2) is 34.5 Å². The highest BCUT2D eigenvalue weighted by Crippen LogP contribution is 2.34. The minimum atomic E-state index is -1.18. The van der Waals surface area contributed by atoms with Crippen LogP contribution in [-0.4, -0.2) is 53.2 Å². The fourth-order valence-electron chi connectivity index (χ4n) is 2.90. The summed E-state index contributed by atoms with van der Waals surface area (Å²) < 4.78 is 33.2. The molecule has 2 aromatic carbocycles. The first-order valence-corrected chi connectivity index (χ1v) is 11.6. The number of rotatable bonds is 7. The molecule has 0 bridgehead atoms. The zero-order chi connectivity index (χ0) is 19.9. The van der Waals surface area contributed by atoms with Gasteiger partial charge in [0, 0.05) is 31.1 Å². The maximum absolute atomic E-state index is 13.0. The number of hydrogen-bond donors (Lipinski definition) is 0. The molecule has 0 aromatic heterocycles. The summed E-state index contributed by atoms with van der Waals surface area (Å²) >= 11 is 3.54. The Morgan fingerprint density at radius 2 is 1.86 bits per heavy atom. The molecular formula is C19H23IN2O4S2. The topological polar surface area (TPSA) is 51.2 Å². The molecule has 1 fully saturated rings. The predicted molar refractivity (Wildman–Crippen MR) is 121 cm³/mol. The summed E-state index contributed by atoms with van der Waals surface area (Å²) in [6.07, 6.45) is 0.953. The van der Waals surface area contributed by atoms with Crippen LogP contribution in [0, 0.1) is 0 Å². The summed E-state index contributed by atoms with van der Waals surface area (Å²) in [6, 6.07) is 13.4. The third-order valence-corrected chi connectivity index (χ3v) is 7.40. The monoisotopic (exact) mass is 534 g/mol. The second-order valence-electron chi connectivity index (χ2n) is 6.12. The first kappa shape index (κ1) is 21.7. The van der Waals surface area contributed by atoms with Crippen LogP contribution in [0.15, 0.2) is 52.3 Å². The van der Waals surface area contributed by atoms with Gasteiger partial charge in [-0.05, 0) is 54.8 Å². The van der Waals surface area contributed by atoms with Crippen molar-refractivity contribution in [3.05, 3.63) is 42.5 Å². The molecule has 0 radical (unpaired) electrons. The van der Waals surface area contributed by atoms with E-state index in [9.17, 15) is 4.21 Å². The van der Waals surface area contributed by atoms with Gasteiger partial charge in [-0.25, -0.2) is 12.8 Å². The van der Waals surface area contributed by atoms with Crippen LogP contribution in [-0.2, 0) is 11.0 Å². The van der Waals surface area contributed by atoms with Crippen molar-refractivity contribution in [2.24, 2.45) is 0 Å². The van der Waals surface area contributed by atoms with Gasteiger partial charge in [-0.2, -0.15) is 0 Å². The van der Waals surface area contributed by atoms with Crippen molar-refractivity contribution in [3.63, 3.8) is 0 Å². The highest BCUT2D eigenvalue weighted by molar-refractivity contribution is 14.1. The van der Waals surface area contributed by atoms with Crippen LogP contribution in [0.4, 0.5) is 0 Å². The Morgan fingerprint density at radius 1 is 1.00 bits per heavy atom. The van der Waals surface area contributed by atoms with Gasteiger partial charge in [-0.1, -0.05) is 6.07 Å². The average molecular weight is 534 g/mol. The Labute approximate surface area is 186 Å². The molecule has 2 aromatic rings. The lowest BCUT2D eigenvalue weighted by Gasteiger charge is -2.20. The van der Waals surface area contributed by atoms with Gasteiger partial charge in [0.05, 0.1) is 19.1 Å². The second kappa shape index (κ2) is 10.7. The predicted octanol–water partition coefficient (Wildman–Crippen LogP) is 4.17. The van der Waals surface area contributed by atoms with Crippen LogP contribution in [0.5, 0.6) is 17.2 Å². The van der Waals surface area contributed by atoms with E-state index in [1.165, 1.54) is 0 Å².